The molecule has 3 aromatic rings. The van der Waals surface area contributed by atoms with E-state index in [1.165, 1.54) is 11.1 Å². The van der Waals surface area contributed by atoms with E-state index in [9.17, 15) is 9.59 Å². The Morgan fingerprint density at radius 2 is 1.45 bits per heavy atom. The molecule has 6 heteroatoms. The Labute approximate surface area is 246 Å². The van der Waals surface area contributed by atoms with Crippen molar-refractivity contribution in [3.63, 3.8) is 0 Å². The van der Waals surface area contributed by atoms with Gasteiger partial charge < -0.3 is 14.7 Å². The Bertz CT molecular complexity index is 1310. The second-order valence-electron chi connectivity index (χ2n) is 11.9. The van der Waals surface area contributed by atoms with Crippen molar-refractivity contribution in [1.82, 2.24) is 14.7 Å². The zero-order valence-electron chi connectivity index (χ0n) is 23.1. The van der Waals surface area contributed by atoms with Crippen LogP contribution < -0.4 is 0 Å². The molecule has 3 aliphatic rings. The SMILES string of the molecule is O=C(Cc1ccccc1)N1C[C@H](CN2CCC3(CC2)CCN(Cc2ccc(Br)cc2)C3=O)[C@@H](c2ccccc2)C1. The van der Waals surface area contributed by atoms with Gasteiger partial charge in [0.1, 0.15) is 0 Å². The highest BCUT2D eigenvalue weighted by molar-refractivity contribution is 9.10. The third-order valence-electron chi connectivity index (χ3n) is 9.41. The summed E-state index contributed by atoms with van der Waals surface area (Å²) < 4.78 is 1.06. The van der Waals surface area contributed by atoms with Crippen LogP contribution in [0.2, 0.25) is 0 Å². The summed E-state index contributed by atoms with van der Waals surface area (Å²) in [7, 11) is 0. The van der Waals surface area contributed by atoms with Crippen LogP contribution in [0, 0.1) is 11.3 Å². The number of hydrogen-bond acceptors (Lipinski definition) is 3. The molecule has 3 fully saturated rings. The summed E-state index contributed by atoms with van der Waals surface area (Å²) in [6.07, 6.45) is 3.29. The number of carbonyl (C=O) groups excluding carboxylic acids is 2. The monoisotopic (exact) mass is 599 g/mol. The van der Waals surface area contributed by atoms with E-state index in [2.05, 4.69) is 73.1 Å². The predicted molar refractivity (Wildman–Crippen MR) is 162 cm³/mol. The first-order chi connectivity index (χ1) is 19.5. The largest absolute Gasteiger partial charge is 0.341 e. The summed E-state index contributed by atoms with van der Waals surface area (Å²) in [6.45, 7) is 6.01. The molecule has 2 amide bonds. The lowest BCUT2D eigenvalue weighted by Crippen LogP contribution is -2.46. The van der Waals surface area contributed by atoms with Crippen molar-refractivity contribution in [3.05, 3.63) is 106 Å². The number of nitrogens with zero attached hydrogens (tertiary/aromatic N) is 3. The van der Waals surface area contributed by atoms with E-state index in [1.807, 2.05) is 42.5 Å². The summed E-state index contributed by atoms with van der Waals surface area (Å²) in [5.41, 5.74) is 3.39. The quantitative estimate of drug-likeness (QED) is 0.347. The van der Waals surface area contributed by atoms with Crippen molar-refractivity contribution in [2.24, 2.45) is 11.3 Å². The third kappa shape index (κ3) is 5.89. The maximum absolute atomic E-state index is 13.6. The van der Waals surface area contributed by atoms with Gasteiger partial charge in [0.25, 0.3) is 0 Å². The lowest BCUT2D eigenvalue weighted by molar-refractivity contribution is -0.139. The zero-order chi connectivity index (χ0) is 27.5. The van der Waals surface area contributed by atoms with Crippen LogP contribution in [0.4, 0.5) is 0 Å². The molecule has 0 saturated carbocycles. The molecule has 3 heterocycles. The van der Waals surface area contributed by atoms with Gasteiger partial charge in [-0.25, -0.2) is 0 Å². The highest BCUT2D eigenvalue weighted by Crippen LogP contribution is 2.43. The molecule has 3 aliphatic heterocycles. The highest BCUT2D eigenvalue weighted by Gasteiger charge is 2.48. The average molecular weight is 601 g/mol. The average Bonchev–Trinajstić information content (AvgIpc) is 3.54. The number of likely N-dealkylation sites (tertiary alicyclic amines) is 3. The van der Waals surface area contributed by atoms with Gasteiger partial charge in [-0.05, 0) is 67.1 Å². The van der Waals surface area contributed by atoms with Crippen molar-refractivity contribution in [2.75, 3.05) is 39.3 Å². The van der Waals surface area contributed by atoms with Crippen molar-refractivity contribution in [1.29, 1.82) is 0 Å². The molecule has 2 atom stereocenters. The smallest absolute Gasteiger partial charge is 0.229 e. The maximum atomic E-state index is 13.6. The third-order valence-corrected chi connectivity index (χ3v) is 9.94. The second-order valence-corrected chi connectivity index (χ2v) is 12.8. The Balaban J connectivity index is 1.08. The summed E-state index contributed by atoms with van der Waals surface area (Å²) in [6, 6.07) is 29.1. The number of amides is 2. The van der Waals surface area contributed by atoms with Gasteiger partial charge in [-0.2, -0.15) is 0 Å². The molecule has 0 radical (unpaired) electrons. The number of halogens is 1. The second kappa shape index (κ2) is 11.9. The van der Waals surface area contributed by atoms with E-state index in [4.69, 9.17) is 0 Å². The molecular weight excluding hydrogens is 562 g/mol. The molecule has 0 N–H and O–H groups in total. The van der Waals surface area contributed by atoms with Crippen LogP contribution in [0.1, 0.15) is 41.9 Å². The standard InChI is InChI=1S/C34H38BrN3O2/c35-30-13-11-27(12-14-30)22-37-20-17-34(33(37)40)15-18-36(19-16-34)23-29-24-38(25-31(29)28-9-5-2-6-10-28)32(39)21-26-7-3-1-4-8-26/h1-14,29,31H,15-25H2/t29-,31+/m0/s1. The van der Waals surface area contributed by atoms with Crippen LogP contribution in [0.5, 0.6) is 0 Å². The molecule has 0 bridgehead atoms. The number of piperidine rings is 1. The number of rotatable bonds is 7. The molecule has 1 spiro atoms. The molecule has 208 valence electrons. The van der Waals surface area contributed by atoms with Crippen LogP contribution >= 0.6 is 15.9 Å². The maximum Gasteiger partial charge on any atom is 0.229 e. The molecular formula is C34H38BrN3O2. The molecule has 6 rings (SSSR count). The fourth-order valence-corrected chi connectivity index (χ4v) is 7.30. The zero-order valence-corrected chi connectivity index (χ0v) is 24.6. The van der Waals surface area contributed by atoms with Gasteiger partial charge in [0, 0.05) is 43.1 Å². The van der Waals surface area contributed by atoms with Gasteiger partial charge in [-0.1, -0.05) is 88.7 Å². The van der Waals surface area contributed by atoms with E-state index in [-0.39, 0.29) is 11.3 Å². The van der Waals surface area contributed by atoms with Crippen LogP contribution in [-0.2, 0) is 22.6 Å². The molecule has 0 aliphatic carbocycles. The van der Waals surface area contributed by atoms with Crippen LogP contribution in [0.15, 0.2) is 89.4 Å². The van der Waals surface area contributed by atoms with Crippen LogP contribution in [0.25, 0.3) is 0 Å². The van der Waals surface area contributed by atoms with E-state index in [0.717, 1.165) is 68.6 Å². The summed E-state index contributed by atoms with van der Waals surface area (Å²) >= 11 is 3.50. The highest BCUT2D eigenvalue weighted by atomic mass is 79.9. The van der Waals surface area contributed by atoms with Gasteiger partial charge in [0.05, 0.1) is 11.8 Å². The fraction of sp³-hybridized carbons (Fsp3) is 0.412. The van der Waals surface area contributed by atoms with Gasteiger partial charge >= 0.3 is 0 Å². The number of benzene rings is 3. The summed E-state index contributed by atoms with van der Waals surface area (Å²) in [5, 5.41) is 0. The number of carbonyl (C=O) groups is 2. The predicted octanol–water partition coefficient (Wildman–Crippen LogP) is 5.75. The van der Waals surface area contributed by atoms with Crippen molar-refractivity contribution >= 4 is 27.7 Å². The topological polar surface area (TPSA) is 43.9 Å². The van der Waals surface area contributed by atoms with E-state index >= 15 is 0 Å². The molecule has 3 aromatic carbocycles. The minimum absolute atomic E-state index is 0.196. The minimum atomic E-state index is -0.196. The van der Waals surface area contributed by atoms with E-state index in [1.54, 1.807) is 0 Å². The first kappa shape index (κ1) is 27.2. The van der Waals surface area contributed by atoms with Gasteiger partial charge in [-0.15, -0.1) is 0 Å². The van der Waals surface area contributed by atoms with E-state index in [0.29, 0.717) is 30.7 Å². The summed E-state index contributed by atoms with van der Waals surface area (Å²) in [4.78, 5) is 33.6. The van der Waals surface area contributed by atoms with Crippen molar-refractivity contribution in [3.8, 4) is 0 Å². The molecule has 40 heavy (non-hydrogen) atoms. The van der Waals surface area contributed by atoms with Gasteiger partial charge in [0.15, 0.2) is 0 Å². The molecule has 0 aromatic heterocycles. The fourth-order valence-electron chi connectivity index (χ4n) is 7.03. The van der Waals surface area contributed by atoms with Crippen LogP contribution in [-0.4, -0.2) is 65.8 Å². The Hall–Kier alpha value is -2.96. The first-order valence-corrected chi connectivity index (χ1v) is 15.4. The minimum Gasteiger partial charge on any atom is -0.341 e. The lowest BCUT2D eigenvalue weighted by atomic mass is 9.76. The Kier molecular flexibility index (Phi) is 8.08. The van der Waals surface area contributed by atoms with Gasteiger partial charge in [-0.3, -0.25) is 9.59 Å². The Morgan fingerprint density at radius 3 is 2.15 bits per heavy atom. The lowest BCUT2D eigenvalue weighted by Gasteiger charge is -2.39. The molecule has 3 saturated heterocycles. The van der Waals surface area contributed by atoms with Gasteiger partial charge in [0.2, 0.25) is 11.8 Å². The number of hydrogen-bond donors (Lipinski definition) is 0. The normalized spacial score (nSPS) is 22.8. The molecule has 0 unspecified atom stereocenters. The molecule has 5 nitrogen and oxygen atoms in total. The first-order valence-electron chi connectivity index (χ1n) is 14.6. The van der Waals surface area contributed by atoms with E-state index < -0.39 is 0 Å². The summed E-state index contributed by atoms with van der Waals surface area (Å²) in [5.74, 6) is 1.29. The van der Waals surface area contributed by atoms with Crippen LogP contribution in [0.3, 0.4) is 0 Å². The van der Waals surface area contributed by atoms with Crippen molar-refractivity contribution < 1.29 is 9.59 Å². The van der Waals surface area contributed by atoms with Crippen molar-refractivity contribution in [2.45, 2.75) is 38.1 Å². The Morgan fingerprint density at radius 1 is 0.800 bits per heavy atom.